The van der Waals surface area contributed by atoms with Crippen LogP contribution in [0.4, 0.5) is 0 Å². The summed E-state index contributed by atoms with van der Waals surface area (Å²) in [5.41, 5.74) is 0.880. The molecule has 1 saturated carbocycles. The SMILES string of the molecule is O=C(O)C1Cc2ccc(Oc3nc(C4CC4)ns3)cc2O1. The zero-order valence-corrected chi connectivity index (χ0v) is 11.8. The summed E-state index contributed by atoms with van der Waals surface area (Å²) in [4.78, 5) is 15.3. The van der Waals surface area contributed by atoms with Crippen LogP contribution in [0.15, 0.2) is 18.2 Å². The first kappa shape index (κ1) is 12.6. The minimum atomic E-state index is -0.952. The highest BCUT2D eigenvalue weighted by Gasteiger charge is 2.30. The maximum absolute atomic E-state index is 10.9. The van der Waals surface area contributed by atoms with Crippen LogP contribution in [0.25, 0.3) is 0 Å². The number of hydrogen-bond donors (Lipinski definition) is 1. The number of benzene rings is 1. The standard InChI is InChI=1S/C14H12N2O4S/c17-13(18)11-5-8-3-4-9(6-10(8)20-11)19-14-15-12(16-21-14)7-1-2-7/h3-4,6-7,11H,1-2,5H2,(H,17,18). The summed E-state index contributed by atoms with van der Waals surface area (Å²) in [6.07, 6.45) is 1.88. The highest BCUT2D eigenvalue weighted by atomic mass is 32.1. The second kappa shape index (κ2) is 4.70. The molecule has 1 aliphatic heterocycles. The van der Waals surface area contributed by atoms with Gasteiger partial charge in [-0.3, -0.25) is 0 Å². The van der Waals surface area contributed by atoms with E-state index in [0.29, 0.717) is 29.0 Å². The number of nitrogens with zero attached hydrogens (tertiary/aromatic N) is 2. The van der Waals surface area contributed by atoms with Gasteiger partial charge in [0.25, 0.3) is 5.19 Å². The Morgan fingerprint density at radius 2 is 2.29 bits per heavy atom. The Kier molecular flexibility index (Phi) is 2.81. The van der Waals surface area contributed by atoms with E-state index in [1.165, 1.54) is 11.5 Å². The molecule has 1 fully saturated rings. The number of fused-ring (bicyclic) bond motifs is 1. The molecule has 0 amide bonds. The number of ether oxygens (including phenoxy) is 2. The van der Waals surface area contributed by atoms with Crippen molar-refractivity contribution in [2.75, 3.05) is 0 Å². The Bertz CT molecular complexity index is 711. The normalized spacial score (nSPS) is 19.9. The van der Waals surface area contributed by atoms with Gasteiger partial charge in [-0.15, -0.1) is 0 Å². The second-order valence-corrected chi connectivity index (χ2v) is 5.93. The number of carboxylic acid groups (broad SMARTS) is 1. The van der Waals surface area contributed by atoms with Gasteiger partial charge in [0.1, 0.15) is 17.3 Å². The van der Waals surface area contributed by atoms with Gasteiger partial charge < -0.3 is 14.6 Å². The van der Waals surface area contributed by atoms with Crippen molar-refractivity contribution < 1.29 is 19.4 Å². The predicted molar refractivity (Wildman–Crippen MR) is 74.2 cm³/mol. The topological polar surface area (TPSA) is 81.5 Å². The zero-order chi connectivity index (χ0) is 14.4. The number of aliphatic carboxylic acids is 1. The van der Waals surface area contributed by atoms with Crippen molar-refractivity contribution in [1.29, 1.82) is 0 Å². The molecule has 0 spiro atoms. The fourth-order valence-corrected chi connectivity index (χ4v) is 2.91. The second-order valence-electron chi connectivity index (χ2n) is 5.21. The lowest BCUT2D eigenvalue weighted by Gasteiger charge is -2.05. The molecule has 6 nitrogen and oxygen atoms in total. The van der Waals surface area contributed by atoms with Crippen molar-refractivity contribution in [3.8, 4) is 16.7 Å². The Labute approximate surface area is 124 Å². The van der Waals surface area contributed by atoms with Crippen LogP contribution in [0.5, 0.6) is 16.7 Å². The number of aromatic nitrogens is 2. The smallest absolute Gasteiger partial charge is 0.345 e. The van der Waals surface area contributed by atoms with Gasteiger partial charge in [0.2, 0.25) is 0 Å². The number of carbonyl (C=O) groups is 1. The fourth-order valence-electron chi connectivity index (χ4n) is 2.28. The minimum absolute atomic E-state index is 0.385. The van der Waals surface area contributed by atoms with E-state index in [1.54, 1.807) is 12.1 Å². The average molecular weight is 304 g/mol. The molecule has 2 aliphatic rings. The molecule has 21 heavy (non-hydrogen) atoms. The van der Waals surface area contributed by atoms with Gasteiger partial charge in [-0.1, -0.05) is 6.07 Å². The summed E-state index contributed by atoms with van der Waals surface area (Å²) in [6, 6.07) is 5.33. The van der Waals surface area contributed by atoms with Crippen molar-refractivity contribution in [3.05, 3.63) is 29.6 Å². The van der Waals surface area contributed by atoms with E-state index in [4.69, 9.17) is 14.6 Å². The molecule has 0 bridgehead atoms. The average Bonchev–Trinajstić information content (AvgIpc) is 3.06. The zero-order valence-electron chi connectivity index (χ0n) is 11.0. The summed E-state index contributed by atoms with van der Waals surface area (Å²) in [5, 5.41) is 9.48. The molecule has 1 unspecified atom stereocenters. The van der Waals surface area contributed by atoms with Crippen molar-refractivity contribution in [1.82, 2.24) is 9.36 Å². The van der Waals surface area contributed by atoms with E-state index in [0.717, 1.165) is 24.2 Å². The first-order valence-electron chi connectivity index (χ1n) is 6.73. The number of rotatable bonds is 4. The first-order chi connectivity index (χ1) is 10.2. The maximum atomic E-state index is 10.9. The Balaban J connectivity index is 1.51. The first-order valence-corrected chi connectivity index (χ1v) is 7.50. The van der Waals surface area contributed by atoms with Crippen LogP contribution in [0.1, 0.15) is 30.1 Å². The van der Waals surface area contributed by atoms with Gasteiger partial charge in [-0.2, -0.15) is 9.36 Å². The highest BCUT2D eigenvalue weighted by molar-refractivity contribution is 7.07. The largest absolute Gasteiger partial charge is 0.478 e. The van der Waals surface area contributed by atoms with E-state index < -0.39 is 12.1 Å². The predicted octanol–water partition coefficient (Wildman–Crippen LogP) is 2.60. The van der Waals surface area contributed by atoms with Crippen LogP contribution in [0, 0.1) is 0 Å². The van der Waals surface area contributed by atoms with Gasteiger partial charge in [0, 0.05) is 29.9 Å². The van der Waals surface area contributed by atoms with Crippen LogP contribution >= 0.6 is 11.5 Å². The maximum Gasteiger partial charge on any atom is 0.345 e. The minimum Gasteiger partial charge on any atom is -0.478 e. The summed E-state index contributed by atoms with van der Waals surface area (Å²) in [6.45, 7) is 0. The van der Waals surface area contributed by atoms with Crippen molar-refractivity contribution >= 4 is 17.5 Å². The Morgan fingerprint density at radius 1 is 1.43 bits per heavy atom. The third-order valence-corrected chi connectivity index (χ3v) is 4.17. The molecule has 2 aromatic rings. The molecule has 1 aromatic carbocycles. The van der Waals surface area contributed by atoms with Gasteiger partial charge >= 0.3 is 5.97 Å². The lowest BCUT2D eigenvalue weighted by Crippen LogP contribution is -2.24. The molecule has 1 atom stereocenters. The lowest BCUT2D eigenvalue weighted by molar-refractivity contribution is -0.144. The molecule has 1 aromatic heterocycles. The van der Waals surface area contributed by atoms with Crippen LogP contribution < -0.4 is 9.47 Å². The van der Waals surface area contributed by atoms with Crippen LogP contribution in [0.2, 0.25) is 0 Å². The molecule has 2 heterocycles. The molecular weight excluding hydrogens is 292 g/mol. The Hall–Kier alpha value is -2.15. The molecule has 7 heteroatoms. The summed E-state index contributed by atoms with van der Waals surface area (Å²) in [5.74, 6) is 1.55. The van der Waals surface area contributed by atoms with Gasteiger partial charge in [-0.25, -0.2) is 4.79 Å². The van der Waals surface area contributed by atoms with Crippen molar-refractivity contribution in [2.45, 2.75) is 31.3 Å². The lowest BCUT2D eigenvalue weighted by atomic mass is 10.1. The van der Waals surface area contributed by atoms with E-state index in [-0.39, 0.29) is 0 Å². The summed E-state index contributed by atoms with van der Waals surface area (Å²) >= 11 is 1.23. The molecule has 0 radical (unpaired) electrons. The van der Waals surface area contributed by atoms with E-state index in [9.17, 15) is 4.79 Å². The third-order valence-electron chi connectivity index (χ3n) is 3.56. The fraction of sp³-hybridized carbons (Fsp3) is 0.357. The van der Waals surface area contributed by atoms with Crippen molar-refractivity contribution in [3.63, 3.8) is 0 Å². The van der Waals surface area contributed by atoms with Gasteiger partial charge in [-0.05, 0) is 24.5 Å². The molecule has 4 rings (SSSR count). The number of carboxylic acids is 1. The molecule has 108 valence electrons. The van der Waals surface area contributed by atoms with Gasteiger partial charge in [0.05, 0.1) is 0 Å². The molecule has 1 aliphatic carbocycles. The number of hydrogen-bond acceptors (Lipinski definition) is 6. The monoisotopic (exact) mass is 304 g/mol. The molecule has 1 N–H and O–H groups in total. The van der Waals surface area contributed by atoms with Crippen molar-refractivity contribution in [2.24, 2.45) is 0 Å². The Morgan fingerprint density at radius 3 is 3.05 bits per heavy atom. The van der Waals surface area contributed by atoms with Crippen LogP contribution in [0.3, 0.4) is 0 Å². The quantitative estimate of drug-likeness (QED) is 0.935. The van der Waals surface area contributed by atoms with Gasteiger partial charge in [0.15, 0.2) is 6.10 Å². The highest BCUT2D eigenvalue weighted by Crippen LogP contribution is 2.40. The third kappa shape index (κ3) is 2.44. The van der Waals surface area contributed by atoms with Crippen LogP contribution in [-0.4, -0.2) is 26.5 Å². The van der Waals surface area contributed by atoms with Crippen LogP contribution in [-0.2, 0) is 11.2 Å². The van der Waals surface area contributed by atoms with E-state index in [2.05, 4.69) is 9.36 Å². The summed E-state index contributed by atoms with van der Waals surface area (Å²) < 4.78 is 15.3. The van der Waals surface area contributed by atoms with E-state index in [1.807, 2.05) is 6.07 Å². The molecular formula is C14H12N2O4S. The van der Waals surface area contributed by atoms with E-state index >= 15 is 0 Å². The molecule has 0 saturated heterocycles. The summed E-state index contributed by atoms with van der Waals surface area (Å²) in [7, 11) is 0.